The van der Waals surface area contributed by atoms with E-state index in [0.717, 1.165) is 22.3 Å². The zero-order valence-corrected chi connectivity index (χ0v) is 13.6. The lowest BCUT2D eigenvalue weighted by atomic mass is 10.1. The number of hydrogen-bond acceptors (Lipinski definition) is 2. The van der Waals surface area contributed by atoms with E-state index < -0.39 is 10.0 Å². The molecule has 0 aliphatic heterocycles. The highest BCUT2D eigenvalue weighted by Gasteiger charge is 2.16. The number of halogens is 1. The van der Waals surface area contributed by atoms with E-state index in [2.05, 4.69) is 4.72 Å². The summed E-state index contributed by atoms with van der Waals surface area (Å²) in [5.74, 6) is 0.453. The maximum atomic E-state index is 12.3. The zero-order chi connectivity index (χ0) is 15.5. The molecule has 2 rings (SSSR count). The number of aryl methyl sites for hydroxylation is 2. The van der Waals surface area contributed by atoms with E-state index in [0.29, 0.717) is 10.8 Å². The minimum absolute atomic E-state index is 0.262. The number of hydrogen-bond donors (Lipinski definition) is 1. The molecule has 0 saturated heterocycles. The summed E-state index contributed by atoms with van der Waals surface area (Å²) in [4.78, 5) is 0.325. The Morgan fingerprint density at radius 3 is 2.19 bits per heavy atom. The summed E-state index contributed by atoms with van der Waals surface area (Å²) in [5.41, 5.74) is 3.71. The van der Waals surface area contributed by atoms with Crippen LogP contribution >= 0.6 is 11.6 Å². The van der Waals surface area contributed by atoms with Gasteiger partial charge in [-0.25, -0.2) is 13.1 Å². The second kappa shape index (κ2) is 6.60. The third-order valence-corrected chi connectivity index (χ3v) is 5.13. The highest BCUT2D eigenvalue weighted by molar-refractivity contribution is 7.89. The van der Waals surface area contributed by atoms with Gasteiger partial charge >= 0.3 is 0 Å². The van der Waals surface area contributed by atoms with Gasteiger partial charge in [-0.3, -0.25) is 0 Å². The third-order valence-electron chi connectivity index (χ3n) is 3.26. The molecule has 112 valence electrons. The Bertz CT molecular complexity index is 724. The molecule has 0 amide bonds. The lowest BCUT2D eigenvalue weighted by molar-refractivity contribution is 0.580. The smallest absolute Gasteiger partial charge is 0.207 e. The summed E-state index contributed by atoms with van der Waals surface area (Å²) in [5, 5.41) is 0. The van der Waals surface area contributed by atoms with Crippen LogP contribution in [0.15, 0.2) is 47.4 Å². The average molecular weight is 324 g/mol. The SMILES string of the molecule is Cc1ccc(S(=O)(=O)NCc2ccc(CCl)cc2)c(C)c1. The predicted molar refractivity (Wildman–Crippen MR) is 85.9 cm³/mol. The molecule has 3 nitrogen and oxygen atoms in total. The molecule has 0 saturated carbocycles. The highest BCUT2D eigenvalue weighted by Crippen LogP contribution is 2.17. The molecule has 0 radical (unpaired) electrons. The Labute approximate surface area is 131 Å². The van der Waals surface area contributed by atoms with Crippen LogP contribution in [0.1, 0.15) is 22.3 Å². The summed E-state index contributed by atoms with van der Waals surface area (Å²) in [6.07, 6.45) is 0. The Kier molecular flexibility index (Phi) is 5.04. The molecule has 0 fully saturated rings. The van der Waals surface area contributed by atoms with Crippen LogP contribution in [0, 0.1) is 13.8 Å². The van der Waals surface area contributed by atoms with Crippen LogP contribution in [0.4, 0.5) is 0 Å². The number of benzene rings is 2. The molecule has 2 aromatic rings. The van der Waals surface area contributed by atoms with E-state index in [1.54, 1.807) is 19.1 Å². The molecule has 1 N–H and O–H groups in total. The van der Waals surface area contributed by atoms with Crippen LogP contribution in [0.3, 0.4) is 0 Å². The first-order valence-electron chi connectivity index (χ1n) is 6.63. The van der Waals surface area contributed by atoms with Gasteiger partial charge in [-0.15, -0.1) is 11.6 Å². The maximum Gasteiger partial charge on any atom is 0.241 e. The van der Waals surface area contributed by atoms with Gasteiger partial charge in [-0.2, -0.15) is 0 Å². The van der Waals surface area contributed by atoms with Crippen molar-refractivity contribution in [1.29, 1.82) is 0 Å². The fourth-order valence-corrected chi connectivity index (χ4v) is 3.52. The number of nitrogens with one attached hydrogen (secondary N) is 1. The molecular formula is C16H18ClNO2S. The van der Waals surface area contributed by atoms with E-state index >= 15 is 0 Å². The van der Waals surface area contributed by atoms with Crippen molar-refractivity contribution in [2.24, 2.45) is 0 Å². The highest BCUT2D eigenvalue weighted by atomic mass is 35.5. The Balaban J connectivity index is 2.13. The molecule has 0 aliphatic rings. The van der Waals surface area contributed by atoms with Gasteiger partial charge in [-0.1, -0.05) is 42.0 Å². The summed E-state index contributed by atoms with van der Waals surface area (Å²) in [6, 6.07) is 12.9. The second-order valence-electron chi connectivity index (χ2n) is 5.04. The fraction of sp³-hybridized carbons (Fsp3) is 0.250. The van der Waals surface area contributed by atoms with Crippen molar-refractivity contribution in [3.05, 3.63) is 64.7 Å². The largest absolute Gasteiger partial charge is 0.241 e. The van der Waals surface area contributed by atoms with Gasteiger partial charge in [-0.05, 0) is 36.6 Å². The number of sulfonamides is 1. The molecule has 0 spiro atoms. The lowest BCUT2D eigenvalue weighted by Crippen LogP contribution is -2.24. The molecule has 21 heavy (non-hydrogen) atoms. The van der Waals surface area contributed by atoms with Crippen LogP contribution in [-0.4, -0.2) is 8.42 Å². The fourth-order valence-electron chi connectivity index (χ4n) is 2.10. The lowest BCUT2D eigenvalue weighted by Gasteiger charge is -2.10. The maximum absolute atomic E-state index is 12.3. The first-order valence-corrected chi connectivity index (χ1v) is 8.65. The Morgan fingerprint density at radius 1 is 1.00 bits per heavy atom. The van der Waals surface area contributed by atoms with E-state index in [1.165, 1.54) is 0 Å². The van der Waals surface area contributed by atoms with Gasteiger partial charge in [0.15, 0.2) is 0 Å². The standard InChI is InChI=1S/C16H18ClNO2S/c1-12-3-8-16(13(2)9-12)21(19,20)18-11-15-6-4-14(10-17)5-7-15/h3-9,18H,10-11H2,1-2H3. The monoisotopic (exact) mass is 323 g/mol. The van der Waals surface area contributed by atoms with Crippen LogP contribution in [-0.2, 0) is 22.4 Å². The zero-order valence-electron chi connectivity index (χ0n) is 12.1. The van der Waals surface area contributed by atoms with Crippen LogP contribution in [0.5, 0.6) is 0 Å². The first kappa shape index (κ1) is 16.0. The van der Waals surface area contributed by atoms with Crippen molar-refractivity contribution in [2.45, 2.75) is 31.2 Å². The van der Waals surface area contributed by atoms with Crippen LogP contribution in [0.2, 0.25) is 0 Å². The van der Waals surface area contributed by atoms with Crippen LogP contribution in [0.25, 0.3) is 0 Å². The van der Waals surface area contributed by atoms with Crippen molar-refractivity contribution in [1.82, 2.24) is 4.72 Å². The minimum atomic E-state index is -3.50. The molecule has 0 unspecified atom stereocenters. The molecule has 0 aliphatic carbocycles. The third kappa shape index (κ3) is 4.06. The van der Waals surface area contributed by atoms with E-state index in [9.17, 15) is 8.42 Å². The van der Waals surface area contributed by atoms with Gasteiger partial charge in [0.2, 0.25) is 10.0 Å². The number of alkyl halides is 1. The molecule has 5 heteroatoms. The summed E-state index contributed by atoms with van der Waals surface area (Å²) in [6.45, 7) is 4.00. The topological polar surface area (TPSA) is 46.2 Å². The minimum Gasteiger partial charge on any atom is -0.207 e. The van der Waals surface area contributed by atoms with E-state index in [4.69, 9.17) is 11.6 Å². The van der Waals surface area contributed by atoms with Crippen molar-refractivity contribution >= 4 is 21.6 Å². The van der Waals surface area contributed by atoms with E-state index in [-0.39, 0.29) is 6.54 Å². The Hall–Kier alpha value is -1.36. The normalized spacial score (nSPS) is 11.6. The Morgan fingerprint density at radius 2 is 1.62 bits per heavy atom. The van der Waals surface area contributed by atoms with Gasteiger partial charge in [0.1, 0.15) is 0 Å². The van der Waals surface area contributed by atoms with Crippen molar-refractivity contribution in [3.63, 3.8) is 0 Å². The summed E-state index contributed by atoms with van der Waals surface area (Å²) < 4.78 is 27.3. The van der Waals surface area contributed by atoms with E-state index in [1.807, 2.05) is 37.3 Å². The average Bonchev–Trinajstić information content (AvgIpc) is 2.45. The van der Waals surface area contributed by atoms with Crippen molar-refractivity contribution in [2.75, 3.05) is 0 Å². The van der Waals surface area contributed by atoms with Crippen molar-refractivity contribution < 1.29 is 8.42 Å². The molecule has 2 aromatic carbocycles. The quantitative estimate of drug-likeness (QED) is 0.856. The summed E-state index contributed by atoms with van der Waals surface area (Å²) >= 11 is 5.73. The molecule has 0 aromatic heterocycles. The predicted octanol–water partition coefficient (Wildman–Crippen LogP) is 3.52. The number of rotatable bonds is 5. The summed E-state index contributed by atoms with van der Waals surface area (Å²) in [7, 11) is -3.50. The molecule has 0 atom stereocenters. The van der Waals surface area contributed by atoms with Gasteiger partial charge in [0, 0.05) is 12.4 Å². The van der Waals surface area contributed by atoms with Gasteiger partial charge in [0.05, 0.1) is 4.90 Å². The van der Waals surface area contributed by atoms with Crippen molar-refractivity contribution in [3.8, 4) is 0 Å². The first-order chi connectivity index (χ1) is 9.92. The molecule has 0 bridgehead atoms. The van der Waals surface area contributed by atoms with Gasteiger partial charge in [0.25, 0.3) is 0 Å². The van der Waals surface area contributed by atoms with Gasteiger partial charge < -0.3 is 0 Å². The molecule has 0 heterocycles. The van der Waals surface area contributed by atoms with Crippen LogP contribution < -0.4 is 4.72 Å². The second-order valence-corrected chi connectivity index (χ2v) is 7.05. The molecular weight excluding hydrogens is 306 g/mol.